The van der Waals surface area contributed by atoms with E-state index in [-0.39, 0.29) is 4.90 Å². The summed E-state index contributed by atoms with van der Waals surface area (Å²) in [5.41, 5.74) is 1.67. The van der Waals surface area contributed by atoms with Crippen molar-refractivity contribution in [2.75, 3.05) is 18.9 Å². The topological polar surface area (TPSA) is 58.2 Å². The fraction of sp³-hybridized carbons (Fsp3) is 0.600. The Kier molecular flexibility index (Phi) is 3.63. The monoisotopic (exact) mass is 296 g/mol. The van der Waals surface area contributed by atoms with Crippen LogP contribution in [0, 0.1) is 16.7 Å². The maximum Gasteiger partial charge on any atom is 0.240 e. The van der Waals surface area contributed by atoms with E-state index in [1.165, 1.54) is 7.05 Å². The number of anilines is 1. The van der Waals surface area contributed by atoms with Crippen molar-refractivity contribution < 1.29 is 8.42 Å². The molecule has 0 unspecified atom stereocenters. The van der Waals surface area contributed by atoms with Crippen LogP contribution in [0.2, 0.25) is 0 Å². The first kappa shape index (κ1) is 15.3. The Balaban J connectivity index is 2.00. The fourth-order valence-corrected chi connectivity index (χ4v) is 3.66. The average molecular weight is 296 g/mol. The molecule has 2 N–H and O–H groups in total. The summed E-state index contributed by atoms with van der Waals surface area (Å²) in [6.07, 6.45) is 0. The van der Waals surface area contributed by atoms with Crippen molar-refractivity contribution in [3.8, 4) is 0 Å². The minimum absolute atomic E-state index is 0.289. The first-order valence-corrected chi connectivity index (χ1v) is 8.39. The molecule has 1 saturated carbocycles. The molecule has 0 radical (unpaired) electrons. The Hall–Kier alpha value is -1.07. The third-order valence-corrected chi connectivity index (χ3v) is 6.69. The summed E-state index contributed by atoms with van der Waals surface area (Å²) in [6, 6.07) is 6.87. The Morgan fingerprint density at radius 3 is 1.95 bits per heavy atom. The van der Waals surface area contributed by atoms with Crippen LogP contribution in [0.3, 0.4) is 0 Å². The van der Waals surface area contributed by atoms with Crippen molar-refractivity contribution in [1.82, 2.24) is 4.72 Å². The van der Waals surface area contributed by atoms with Gasteiger partial charge in [-0.2, -0.15) is 0 Å². The van der Waals surface area contributed by atoms with Crippen LogP contribution in [0.1, 0.15) is 27.7 Å². The molecule has 0 bridgehead atoms. The van der Waals surface area contributed by atoms with Crippen LogP contribution in [0.5, 0.6) is 0 Å². The zero-order chi connectivity index (χ0) is 15.2. The number of hydrogen-bond donors (Lipinski definition) is 2. The number of benzene rings is 1. The lowest BCUT2D eigenvalue weighted by Crippen LogP contribution is -2.18. The van der Waals surface area contributed by atoms with Crippen LogP contribution in [-0.2, 0) is 10.0 Å². The van der Waals surface area contributed by atoms with E-state index in [9.17, 15) is 8.42 Å². The molecule has 0 spiro atoms. The molecular formula is C15H24N2O2S. The predicted molar refractivity (Wildman–Crippen MR) is 82.2 cm³/mol. The summed E-state index contributed by atoms with van der Waals surface area (Å²) in [5.74, 6) is 0.635. The van der Waals surface area contributed by atoms with Gasteiger partial charge in [0.15, 0.2) is 0 Å². The predicted octanol–water partition coefficient (Wildman–Crippen LogP) is 2.69. The lowest BCUT2D eigenvalue weighted by molar-refractivity contribution is 0.457. The molecule has 1 aliphatic carbocycles. The molecule has 2 rings (SSSR count). The van der Waals surface area contributed by atoms with Crippen molar-refractivity contribution in [3.63, 3.8) is 0 Å². The van der Waals surface area contributed by atoms with Gasteiger partial charge in [0.25, 0.3) is 0 Å². The largest absolute Gasteiger partial charge is 0.385 e. The van der Waals surface area contributed by atoms with Gasteiger partial charge < -0.3 is 5.32 Å². The van der Waals surface area contributed by atoms with E-state index in [1.54, 1.807) is 12.1 Å². The highest BCUT2D eigenvalue weighted by atomic mass is 32.2. The Morgan fingerprint density at radius 2 is 1.55 bits per heavy atom. The van der Waals surface area contributed by atoms with E-state index in [2.05, 4.69) is 37.7 Å². The van der Waals surface area contributed by atoms with Crippen molar-refractivity contribution in [1.29, 1.82) is 0 Å². The molecule has 1 aromatic rings. The van der Waals surface area contributed by atoms with Gasteiger partial charge in [-0.15, -0.1) is 0 Å². The van der Waals surface area contributed by atoms with E-state index in [4.69, 9.17) is 0 Å². The molecule has 0 saturated heterocycles. The van der Waals surface area contributed by atoms with E-state index >= 15 is 0 Å². The van der Waals surface area contributed by atoms with Gasteiger partial charge in [-0.3, -0.25) is 0 Å². The maximum atomic E-state index is 11.6. The number of nitrogens with one attached hydrogen (secondary N) is 2. The quantitative estimate of drug-likeness (QED) is 0.878. The third kappa shape index (κ3) is 2.44. The number of sulfonamides is 1. The molecule has 20 heavy (non-hydrogen) atoms. The summed E-state index contributed by atoms with van der Waals surface area (Å²) in [4.78, 5) is 0.289. The van der Waals surface area contributed by atoms with Gasteiger partial charge >= 0.3 is 0 Å². The van der Waals surface area contributed by atoms with Crippen LogP contribution in [-0.4, -0.2) is 22.0 Å². The maximum absolute atomic E-state index is 11.6. The highest BCUT2D eigenvalue weighted by Gasteiger charge is 2.63. The van der Waals surface area contributed by atoms with Crippen molar-refractivity contribution in [2.45, 2.75) is 32.6 Å². The molecular weight excluding hydrogens is 272 g/mol. The minimum atomic E-state index is -3.35. The summed E-state index contributed by atoms with van der Waals surface area (Å²) in [5, 5.41) is 3.40. The van der Waals surface area contributed by atoms with Gasteiger partial charge in [-0.25, -0.2) is 13.1 Å². The lowest BCUT2D eigenvalue weighted by Gasteiger charge is -2.09. The van der Waals surface area contributed by atoms with Crippen LogP contribution in [0.15, 0.2) is 29.2 Å². The summed E-state index contributed by atoms with van der Waals surface area (Å²) in [6.45, 7) is 10.1. The van der Waals surface area contributed by atoms with Crippen molar-refractivity contribution in [2.24, 2.45) is 16.7 Å². The second-order valence-corrected chi connectivity index (χ2v) is 8.50. The molecule has 0 aliphatic heterocycles. The molecule has 0 amide bonds. The summed E-state index contributed by atoms with van der Waals surface area (Å²) in [7, 11) is -1.93. The molecule has 0 aromatic heterocycles. The molecule has 112 valence electrons. The second-order valence-electron chi connectivity index (χ2n) is 6.61. The molecule has 1 aromatic carbocycles. The molecule has 1 aliphatic rings. The average Bonchev–Trinajstić information content (AvgIpc) is 2.78. The molecule has 5 heteroatoms. The van der Waals surface area contributed by atoms with Gasteiger partial charge in [-0.05, 0) is 48.1 Å². The Labute approximate surface area is 122 Å². The van der Waals surface area contributed by atoms with E-state index in [0.29, 0.717) is 16.7 Å². The van der Waals surface area contributed by atoms with Gasteiger partial charge in [0, 0.05) is 12.2 Å². The van der Waals surface area contributed by atoms with Gasteiger partial charge in [0.2, 0.25) is 10.0 Å². The number of rotatable bonds is 5. The molecule has 4 nitrogen and oxygen atoms in total. The Morgan fingerprint density at radius 1 is 1.05 bits per heavy atom. The van der Waals surface area contributed by atoms with Crippen molar-refractivity contribution in [3.05, 3.63) is 24.3 Å². The van der Waals surface area contributed by atoms with Gasteiger partial charge in [-0.1, -0.05) is 27.7 Å². The zero-order valence-corrected chi connectivity index (χ0v) is 13.6. The number of hydrogen-bond acceptors (Lipinski definition) is 3. The van der Waals surface area contributed by atoms with Crippen LogP contribution in [0.4, 0.5) is 5.69 Å². The normalized spacial score (nSPS) is 20.6. The molecule has 0 heterocycles. The zero-order valence-electron chi connectivity index (χ0n) is 12.8. The van der Waals surface area contributed by atoms with Crippen LogP contribution in [0.25, 0.3) is 0 Å². The van der Waals surface area contributed by atoms with Crippen molar-refractivity contribution >= 4 is 15.7 Å². The minimum Gasteiger partial charge on any atom is -0.385 e. The SMILES string of the molecule is CNS(=O)(=O)c1ccc(NCC2C(C)(C)C2(C)C)cc1. The lowest BCUT2D eigenvalue weighted by atomic mass is 10.0. The summed E-state index contributed by atoms with van der Waals surface area (Å²) >= 11 is 0. The van der Waals surface area contributed by atoms with E-state index in [1.807, 2.05) is 12.1 Å². The fourth-order valence-electron chi connectivity index (χ4n) is 2.93. The third-order valence-electron chi connectivity index (χ3n) is 5.26. The molecule has 0 atom stereocenters. The molecule has 1 fully saturated rings. The van der Waals surface area contributed by atoms with Crippen LogP contribution >= 0.6 is 0 Å². The van der Waals surface area contributed by atoms with Gasteiger partial charge in [0.1, 0.15) is 0 Å². The van der Waals surface area contributed by atoms with Gasteiger partial charge in [0.05, 0.1) is 4.90 Å². The highest BCUT2D eigenvalue weighted by Crippen LogP contribution is 2.68. The first-order valence-electron chi connectivity index (χ1n) is 6.90. The second kappa shape index (κ2) is 4.74. The van der Waals surface area contributed by atoms with E-state index in [0.717, 1.165) is 12.2 Å². The standard InChI is InChI=1S/C15H24N2O2S/c1-14(2)13(15(14,3)4)10-17-11-6-8-12(9-7-11)20(18,19)16-5/h6-9,13,16-17H,10H2,1-5H3. The van der Waals surface area contributed by atoms with E-state index < -0.39 is 10.0 Å². The first-order chi connectivity index (χ1) is 9.13. The highest BCUT2D eigenvalue weighted by molar-refractivity contribution is 7.89. The smallest absolute Gasteiger partial charge is 0.240 e. The summed E-state index contributed by atoms with van der Waals surface area (Å²) < 4.78 is 25.6. The van der Waals surface area contributed by atoms with Crippen LogP contribution < -0.4 is 10.0 Å². The Bertz CT molecular complexity index is 575.